The molecular weight excluding hydrogens is 290 g/mol. The molecular formula is C11H16ClN3O3S. The van der Waals surface area contributed by atoms with Crippen molar-refractivity contribution in [2.75, 3.05) is 33.3 Å². The molecule has 6 nitrogen and oxygen atoms in total. The molecule has 8 heteroatoms. The summed E-state index contributed by atoms with van der Waals surface area (Å²) < 4.78 is 32.1. The van der Waals surface area contributed by atoms with Crippen LogP contribution < -0.4 is 4.72 Å². The second-order valence-electron chi connectivity index (χ2n) is 4.40. The zero-order chi connectivity index (χ0) is 13.9. The summed E-state index contributed by atoms with van der Waals surface area (Å²) >= 11 is 5.78. The summed E-state index contributed by atoms with van der Waals surface area (Å²) in [5.41, 5.74) is 0. The van der Waals surface area contributed by atoms with Crippen LogP contribution >= 0.6 is 11.6 Å². The van der Waals surface area contributed by atoms with E-state index in [0.29, 0.717) is 13.2 Å². The van der Waals surface area contributed by atoms with Crippen molar-refractivity contribution in [3.8, 4) is 0 Å². The molecule has 19 heavy (non-hydrogen) atoms. The molecule has 1 aliphatic heterocycles. The van der Waals surface area contributed by atoms with Crippen molar-refractivity contribution in [3.05, 3.63) is 23.5 Å². The number of rotatable bonds is 4. The van der Waals surface area contributed by atoms with Gasteiger partial charge in [-0.15, -0.1) is 0 Å². The molecule has 1 aromatic heterocycles. The number of morpholine rings is 1. The average Bonchev–Trinajstić information content (AvgIpc) is 2.37. The number of halogens is 1. The highest BCUT2D eigenvalue weighted by Crippen LogP contribution is 2.17. The Hall–Kier alpha value is -0.730. The van der Waals surface area contributed by atoms with Crippen LogP contribution in [-0.4, -0.2) is 57.7 Å². The van der Waals surface area contributed by atoms with Crippen molar-refractivity contribution in [3.63, 3.8) is 0 Å². The first kappa shape index (κ1) is 14.7. The first-order valence-electron chi connectivity index (χ1n) is 5.89. The van der Waals surface area contributed by atoms with E-state index >= 15 is 0 Å². The van der Waals surface area contributed by atoms with Gasteiger partial charge >= 0.3 is 0 Å². The van der Waals surface area contributed by atoms with Crippen LogP contribution in [0, 0.1) is 0 Å². The summed E-state index contributed by atoms with van der Waals surface area (Å²) in [4.78, 5) is 5.84. The molecule has 0 radical (unpaired) electrons. The van der Waals surface area contributed by atoms with E-state index in [0.717, 1.165) is 6.54 Å². The molecule has 1 aliphatic rings. The SMILES string of the molecule is CN1CCOC(CNS(=O)(=O)c2cccnc2Cl)C1. The lowest BCUT2D eigenvalue weighted by Gasteiger charge is -2.30. The minimum Gasteiger partial charge on any atom is -0.374 e. The van der Waals surface area contributed by atoms with Crippen LogP contribution in [0.15, 0.2) is 23.2 Å². The van der Waals surface area contributed by atoms with Crippen LogP contribution in [0.5, 0.6) is 0 Å². The van der Waals surface area contributed by atoms with Gasteiger partial charge in [-0.25, -0.2) is 18.1 Å². The van der Waals surface area contributed by atoms with Crippen molar-refractivity contribution in [2.24, 2.45) is 0 Å². The highest BCUT2D eigenvalue weighted by atomic mass is 35.5. The van der Waals surface area contributed by atoms with Gasteiger partial charge in [0.2, 0.25) is 10.0 Å². The first-order chi connectivity index (χ1) is 8.99. The second-order valence-corrected chi connectivity index (χ2v) is 6.49. The molecule has 106 valence electrons. The topological polar surface area (TPSA) is 71.5 Å². The molecule has 2 rings (SSSR count). The molecule has 1 aromatic rings. The van der Waals surface area contributed by atoms with Crippen LogP contribution in [0.2, 0.25) is 5.15 Å². The van der Waals surface area contributed by atoms with Gasteiger partial charge in [0, 0.05) is 25.8 Å². The molecule has 0 bridgehead atoms. The van der Waals surface area contributed by atoms with Crippen molar-refractivity contribution < 1.29 is 13.2 Å². The van der Waals surface area contributed by atoms with Crippen LogP contribution in [-0.2, 0) is 14.8 Å². The minimum absolute atomic E-state index is 0.0131. The summed E-state index contributed by atoms with van der Waals surface area (Å²) in [6.45, 7) is 2.38. The van der Waals surface area contributed by atoms with Gasteiger partial charge in [-0.1, -0.05) is 11.6 Å². The molecule has 0 saturated carbocycles. The Bertz CT molecular complexity index is 538. The molecule has 1 saturated heterocycles. The van der Waals surface area contributed by atoms with Crippen LogP contribution in [0.4, 0.5) is 0 Å². The van der Waals surface area contributed by atoms with Gasteiger partial charge in [0.1, 0.15) is 10.0 Å². The molecule has 1 atom stereocenters. The highest BCUT2D eigenvalue weighted by molar-refractivity contribution is 7.89. The average molecular weight is 306 g/mol. The second kappa shape index (κ2) is 6.15. The fraction of sp³-hybridized carbons (Fsp3) is 0.545. The predicted octanol–water partition coefficient (Wildman–Crippen LogP) is 0.344. The van der Waals surface area contributed by atoms with E-state index in [2.05, 4.69) is 14.6 Å². The normalized spacial score (nSPS) is 21.5. The maximum atomic E-state index is 12.1. The molecule has 1 unspecified atom stereocenters. The maximum absolute atomic E-state index is 12.1. The van der Waals surface area contributed by atoms with Gasteiger partial charge in [-0.2, -0.15) is 0 Å². The summed E-state index contributed by atoms with van der Waals surface area (Å²) in [6.07, 6.45) is 1.30. The Morgan fingerprint density at radius 1 is 1.63 bits per heavy atom. The Labute approximate surface area is 117 Å². The number of ether oxygens (including phenoxy) is 1. The molecule has 0 amide bonds. The van der Waals surface area contributed by atoms with E-state index in [1.165, 1.54) is 18.3 Å². The lowest BCUT2D eigenvalue weighted by atomic mass is 10.3. The number of hydrogen-bond acceptors (Lipinski definition) is 5. The number of sulfonamides is 1. The monoisotopic (exact) mass is 305 g/mol. The number of likely N-dealkylation sites (N-methyl/N-ethyl adjacent to an activating group) is 1. The quantitative estimate of drug-likeness (QED) is 0.813. The van der Waals surface area contributed by atoms with Gasteiger partial charge < -0.3 is 9.64 Å². The van der Waals surface area contributed by atoms with Gasteiger partial charge in [0.25, 0.3) is 0 Å². The smallest absolute Gasteiger partial charge is 0.243 e. The fourth-order valence-corrected chi connectivity index (χ4v) is 3.36. The Kier molecular flexibility index (Phi) is 4.75. The van der Waals surface area contributed by atoms with Crippen molar-refractivity contribution in [1.82, 2.24) is 14.6 Å². The molecule has 2 heterocycles. The summed E-state index contributed by atoms with van der Waals surface area (Å²) in [5, 5.41) is -0.0309. The zero-order valence-electron chi connectivity index (χ0n) is 10.5. The lowest BCUT2D eigenvalue weighted by molar-refractivity contribution is -0.0156. The molecule has 0 aromatic carbocycles. The van der Waals surface area contributed by atoms with Gasteiger partial charge in [0.05, 0.1) is 12.7 Å². The summed E-state index contributed by atoms with van der Waals surface area (Å²) in [6, 6.07) is 2.96. The molecule has 0 spiro atoms. The van der Waals surface area contributed by atoms with Crippen LogP contribution in [0.3, 0.4) is 0 Å². The van der Waals surface area contributed by atoms with Gasteiger partial charge in [0.15, 0.2) is 0 Å². The summed E-state index contributed by atoms with van der Waals surface area (Å²) in [7, 11) is -1.68. The number of hydrogen-bond donors (Lipinski definition) is 1. The maximum Gasteiger partial charge on any atom is 0.243 e. The standard InChI is InChI=1S/C11H16ClN3O3S/c1-15-5-6-18-9(8-15)7-14-19(16,17)10-3-2-4-13-11(10)12/h2-4,9,14H,5-8H2,1H3. The third kappa shape index (κ3) is 3.87. The third-order valence-electron chi connectivity index (χ3n) is 2.86. The van der Waals surface area contributed by atoms with Gasteiger partial charge in [-0.05, 0) is 19.2 Å². The number of nitrogens with one attached hydrogen (secondary N) is 1. The molecule has 1 fully saturated rings. The first-order valence-corrected chi connectivity index (χ1v) is 7.75. The van der Waals surface area contributed by atoms with E-state index in [1.807, 2.05) is 7.05 Å². The van der Waals surface area contributed by atoms with Crippen LogP contribution in [0.1, 0.15) is 0 Å². The van der Waals surface area contributed by atoms with E-state index in [-0.39, 0.29) is 22.7 Å². The van der Waals surface area contributed by atoms with Crippen LogP contribution in [0.25, 0.3) is 0 Å². The summed E-state index contributed by atoms with van der Waals surface area (Å²) in [5.74, 6) is 0. The predicted molar refractivity (Wildman–Crippen MR) is 71.7 cm³/mol. The van der Waals surface area contributed by atoms with E-state index in [1.54, 1.807) is 0 Å². The minimum atomic E-state index is -3.65. The Morgan fingerprint density at radius 3 is 3.11 bits per heavy atom. The highest BCUT2D eigenvalue weighted by Gasteiger charge is 2.23. The Morgan fingerprint density at radius 2 is 2.42 bits per heavy atom. The zero-order valence-corrected chi connectivity index (χ0v) is 12.1. The lowest BCUT2D eigenvalue weighted by Crippen LogP contribution is -2.45. The molecule has 1 N–H and O–H groups in total. The van der Waals surface area contributed by atoms with Gasteiger partial charge in [-0.3, -0.25) is 0 Å². The molecule has 0 aliphatic carbocycles. The third-order valence-corrected chi connectivity index (χ3v) is 4.73. The van der Waals surface area contributed by atoms with E-state index in [9.17, 15) is 8.42 Å². The largest absolute Gasteiger partial charge is 0.374 e. The van der Waals surface area contributed by atoms with Crippen molar-refractivity contribution in [1.29, 1.82) is 0 Å². The van der Waals surface area contributed by atoms with Crippen molar-refractivity contribution in [2.45, 2.75) is 11.0 Å². The fourth-order valence-electron chi connectivity index (χ4n) is 1.84. The Balaban J connectivity index is 2.00. The van der Waals surface area contributed by atoms with E-state index < -0.39 is 10.0 Å². The number of nitrogens with zero attached hydrogens (tertiary/aromatic N) is 2. The van der Waals surface area contributed by atoms with E-state index in [4.69, 9.17) is 16.3 Å². The number of aromatic nitrogens is 1. The van der Waals surface area contributed by atoms with Crippen molar-refractivity contribution >= 4 is 21.6 Å². The number of pyridine rings is 1.